The number of benzene rings is 1. The second-order valence-electron chi connectivity index (χ2n) is 8.47. The molecule has 8 nitrogen and oxygen atoms in total. The summed E-state index contributed by atoms with van der Waals surface area (Å²) in [6.45, 7) is 2.47. The third kappa shape index (κ3) is 4.34. The van der Waals surface area contributed by atoms with E-state index in [1.807, 2.05) is 61.1 Å². The van der Waals surface area contributed by atoms with Gasteiger partial charge in [0, 0.05) is 32.1 Å². The van der Waals surface area contributed by atoms with E-state index < -0.39 is 12.1 Å². The summed E-state index contributed by atoms with van der Waals surface area (Å²) < 4.78 is 0. The van der Waals surface area contributed by atoms with Gasteiger partial charge >= 0.3 is 0 Å². The Balaban J connectivity index is 1.22. The number of carbonyl (C=O) groups excluding carboxylic acids is 2. The molecule has 4 heterocycles. The van der Waals surface area contributed by atoms with Gasteiger partial charge < -0.3 is 15.3 Å². The van der Waals surface area contributed by atoms with Crippen LogP contribution in [0.5, 0.6) is 0 Å². The summed E-state index contributed by atoms with van der Waals surface area (Å²) in [4.78, 5) is 33.0. The van der Waals surface area contributed by atoms with E-state index in [1.54, 1.807) is 16.3 Å². The molecule has 1 saturated heterocycles. The van der Waals surface area contributed by atoms with Gasteiger partial charge in [-0.05, 0) is 24.1 Å². The number of hydrazone groups is 1. The van der Waals surface area contributed by atoms with Crippen LogP contribution in [0.1, 0.15) is 24.1 Å². The summed E-state index contributed by atoms with van der Waals surface area (Å²) in [5.41, 5.74) is 5.30. The van der Waals surface area contributed by atoms with Crippen molar-refractivity contribution in [2.75, 3.05) is 6.54 Å². The Labute approximate surface area is 195 Å². The van der Waals surface area contributed by atoms with Gasteiger partial charge in [-0.1, -0.05) is 36.4 Å². The molecule has 2 amide bonds. The number of β-amino-alcohol motifs (C(OH)–C–C–N with tert-alkyl or cyclic N) is 1. The summed E-state index contributed by atoms with van der Waals surface area (Å²) in [5.74, 6) is -0.550. The number of carbonyl (C=O) groups is 2. The van der Waals surface area contributed by atoms with Crippen LogP contribution in [0.3, 0.4) is 0 Å². The number of fused-ring (bicyclic) bond motifs is 1. The SMILES string of the molecule is Cc1ncsc1-c1ccc(CNC(=O)[C@@H]2C[C@@H](O)CN2C(=O)C2=NN3C=CC=CC3C2)cc1. The smallest absolute Gasteiger partial charge is 0.270 e. The van der Waals surface area contributed by atoms with Crippen molar-refractivity contribution < 1.29 is 14.7 Å². The molecule has 1 fully saturated rings. The zero-order valence-electron chi connectivity index (χ0n) is 18.2. The molecule has 3 aliphatic heterocycles. The van der Waals surface area contributed by atoms with E-state index in [2.05, 4.69) is 15.4 Å². The summed E-state index contributed by atoms with van der Waals surface area (Å²) >= 11 is 1.60. The Morgan fingerprint density at radius 1 is 1.24 bits per heavy atom. The van der Waals surface area contributed by atoms with Gasteiger partial charge in [-0.3, -0.25) is 14.6 Å². The lowest BCUT2D eigenvalue weighted by atomic mass is 10.1. The molecule has 2 N–H and O–H groups in total. The number of aliphatic hydroxyl groups is 1. The zero-order chi connectivity index (χ0) is 22.9. The Bertz CT molecular complexity index is 1150. The number of likely N-dealkylation sites (tertiary alicyclic amines) is 1. The Morgan fingerprint density at radius 2 is 2.06 bits per heavy atom. The first-order valence-electron chi connectivity index (χ1n) is 11.0. The van der Waals surface area contributed by atoms with E-state index >= 15 is 0 Å². The molecule has 0 aliphatic carbocycles. The van der Waals surface area contributed by atoms with E-state index in [1.165, 1.54) is 4.90 Å². The lowest BCUT2D eigenvalue weighted by Gasteiger charge is -2.23. The van der Waals surface area contributed by atoms with Crippen molar-refractivity contribution in [3.63, 3.8) is 0 Å². The number of nitrogens with one attached hydrogen (secondary N) is 1. The molecule has 2 aromatic rings. The highest BCUT2D eigenvalue weighted by molar-refractivity contribution is 7.13. The van der Waals surface area contributed by atoms with Crippen LogP contribution in [0.2, 0.25) is 0 Å². The molecule has 0 radical (unpaired) electrons. The van der Waals surface area contributed by atoms with Crippen molar-refractivity contribution in [3.8, 4) is 10.4 Å². The fraction of sp³-hybridized carbons (Fsp3) is 0.333. The normalized spacial score (nSPS) is 23.6. The number of thiazole rings is 1. The maximum absolute atomic E-state index is 13.1. The van der Waals surface area contributed by atoms with E-state index in [4.69, 9.17) is 0 Å². The van der Waals surface area contributed by atoms with Crippen molar-refractivity contribution >= 4 is 28.9 Å². The summed E-state index contributed by atoms with van der Waals surface area (Å²) in [6, 6.07) is 7.32. The molecule has 3 atom stereocenters. The number of rotatable bonds is 5. The Morgan fingerprint density at radius 3 is 2.79 bits per heavy atom. The largest absolute Gasteiger partial charge is 0.391 e. The third-order valence-corrected chi connectivity index (χ3v) is 7.16. The lowest BCUT2D eigenvalue weighted by Crippen LogP contribution is -2.47. The van der Waals surface area contributed by atoms with E-state index in [0.717, 1.165) is 21.7 Å². The van der Waals surface area contributed by atoms with Gasteiger partial charge in [-0.25, -0.2) is 4.98 Å². The number of hydrogen-bond acceptors (Lipinski definition) is 7. The molecule has 0 saturated carbocycles. The summed E-state index contributed by atoms with van der Waals surface area (Å²) in [7, 11) is 0. The fourth-order valence-corrected chi connectivity index (χ4v) is 5.23. The lowest BCUT2D eigenvalue weighted by molar-refractivity contribution is -0.134. The highest BCUT2D eigenvalue weighted by atomic mass is 32.1. The molecule has 1 aromatic carbocycles. The van der Waals surface area contributed by atoms with Gasteiger partial charge in [-0.2, -0.15) is 5.10 Å². The van der Waals surface area contributed by atoms with Gasteiger partial charge in [-0.15, -0.1) is 11.3 Å². The van der Waals surface area contributed by atoms with Crippen LogP contribution < -0.4 is 5.32 Å². The molecule has 0 spiro atoms. The van der Waals surface area contributed by atoms with Crippen molar-refractivity contribution in [3.05, 3.63) is 65.5 Å². The van der Waals surface area contributed by atoms with Crippen molar-refractivity contribution in [1.29, 1.82) is 0 Å². The number of aryl methyl sites for hydroxylation is 1. The minimum absolute atomic E-state index is 0.0328. The highest BCUT2D eigenvalue weighted by Crippen LogP contribution is 2.27. The van der Waals surface area contributed by atoms with Gasteiger partial charge in [0.05, 0.1) is 28.2 Å². The second-order valence-corrected chi connectivity index (χ2v) is 9.32. The second kappa shape index (κ2) is 8.92. The monoisotopic (exact) mass is 463 g/mol. The number of aromatic nitrogens is 1. The van der Waals surface area contributed by atoms with Crippen molar-refractivity contribution in [2.24, 2.45) is 5.10 Å². The van der Waals surface area contributed by atoms with Crippen molar-refractivity contribution in [1.82, 2.24) is 20.2 Å². The summed E-state index contributed by atoms with van der Waals surface area (Å²) in [6.07, 6.45) is 7.62. The minimum atomic E-state index is -0.726. The number of aliphatic hydroxyl groups excluding tert-OH is 1. The molecule has 33 heavy (non-hydrogen) atoms. The van der Waals surface area contributed by atoms with Crippen LogP contribution in [0.4, 0.5) is 0 Å². The van der Waals surface area contributed by atoms with E-state index in [0.29, 0.717) is 18.7 Å². The fourth-order valence-electron chi connectivity index (χ4n) is 4.42. The molecule has 1 aromatic heterocycles. The first-order valence-corrected chi connectivity index (χ1v) is 11.8. The maximum atomic E-state index is 13.1. The molecule has 3 aliphatic rings. The van der Waals surface area contributed by atoms with Crippen LogP contribution in [0.15, 0.2) is 59.3 Å². The molecule has 170 valence electrons. The molecule has 0 bridgehead atoms. The first kappa shape index (κ1) is 21.5. The van der Waals surface area contributed by atoms with Crippen LogP contribution in [-0.4, -0.2) is 62.3 Å². The van der Waals surface area contributed by atoms with Crippen LogP contribution >= 0.6 is 11.3 Å². The number of amides is 2. The molecule has 9 heteroatoms. The first-order chi connectivity index (χ1) is 16.0. The minimum Gasteiger partial charge on any atom is -0.391 e. The topological polar surface area (TPSA) is 98.1 Å². The molecular formula is C24H25N5O3S. The van der Waals surface area contributed by atoms with Crippen LogP contribution in [0.25, 0.3) is 10.4 Å². The average molecular weight is 464 g/mol. The van der Waals surface area contributed by atoms with Gasteiger partial charge in [0.2, 0.25) is 5.91 Å². The highest BCUT2D eigenvalue weighted by Gasteiger charge is 2.42. The Hall–Kier alpha value is -3.30. The average Bonchev–Trinajstić information content (AvgIpc) is 3.55. The van der Waals surface area contributed by atoms with E-state index in [-0.39, 0.29) is 30.8 Å². The number of hydrogen-bond donors (Lipinski definition) is 2. The van der Waals surface area contributed by atoms with E-state index in [9.17, 15) is 14.7 Å². The number of allylic oxidation sites excluding steroid dienone is 2. The molecule has 5 rings (SSSR count). The third-order valence-electron chi connectivity index (χ3n) is 6.18. The predicted octanol–water partition coefficient (Wildman–Crippen LogP) is 2.21. The van der Waals surface area contributed by atoms with Gasteiger partial charge in [0.1, 0.15) is 11.8 Å². The molecular weight excluding hydrogens is 438 g/mol. The summed E-state index contributed by atoms with van der Waals surface area (Å²) in [5, 5.41) is 19.3. The van der Waals surface area contributed by atoms with Gasteiger partial charge in [0.25, 0.3) is 5.91 Å². The number of nitrogens with zero attached hydrogens (tertiary/aromatic N) is 4. The molecule has 1 unspecified atom stereocenters. The van der Waals surface area contributed by atoms with Crippen LogP contribution in [-0.2, 0) is 16.1 Å². The quantitative estimate of drug-likeness (QED) is 0.709. The zero-order valence-corrected chi connectivity index (χ0v) is 19.0. The Kier molecular flexibility index (Phi) is 5.82. The van der Waals surface area contributed by atoms with Gasteiger partial charge in [0.15, 0.2) is 0 Å². The standard InChI is InChI=1S/C24H25N5O3S/c1-15-22(33-14-26-15)17-7-5-16(6-8-17)12-25-23(31)21-11-19(30)13-28(21)24(32)20-10-18-4-2-3-9-29(18)27-20/h2-9,14,18-19,21,30H,10-13H2,1H3,(H,25,31)/t18?,19-,21+/m1/s1. The van der Waals surface area contributed by atoms with Crippen LogP contribution in [0, 0.1) is 6.92 Å². The maximum Gasteiger partial charge on any atom is 0.270 e. The predicted molar refractivity (Wildman–Crippen MR) is 126 cm³/mol. The van der Waals surface area contributed by atoms with Crippen molar-refractivity contribution in [2.45, 2.75) is 44.5 Å².